The number of anilines is 1. The first-order valence-corrected chi connectivity index (χ1v) is 6.33. The van der Waals surface area contributed by atoms with Gasteiger partial charge in [0.15, 0.2) is 0 Å². The lowest BCUT2D eigenvalue weighted by molar-refractivity contribution is -0.141. The van der Waals surface area contributed by atoms with E-state index in [9.17, 15) is 9.59 Å². The molecule has 1 aromatic rings. The molecule has 5 heteroatoms. The van der Waals surface area contributed by atoms with E-state index in [1.165, 1.54) is 0 Å². The molecule has 5 nitrogen and oxygen atoms in total. The van der Waals surface area contributed by atoms with Crippen molar-refractivity contribution in [3.05, 3.63) is 29.8 Å². The molecule has 0 heterocycles. The molecule has 2 atom stereocenters. The summed E-state index contributed by atoms with van der Waals surface area (Å²) in [6, 6.07) is 6.99. The number of amides is 1. The second-order valence-corrected chi connectivity index (χ2v) is 4.89. The van der Waals surface area contributed by atoms with E-state index >= 15 is 0 Å². The lowest BCUT2D eigenvalue weighted by Crippen LogP contribution is -2.21. The molecule has 102 valence electrons. The first-order valence-electron chi connectivity index (χ1n) is 6.33. The second kappa shape index (κ2) is 5.84. The van der Waals surface area contributed by atoms with Crippen LogP contribution in [0.15, 0.2) is 24.3 Å². The third kappa shape index (κ3) is 3.32. The lowest BCUT2D eigenvalue weighted by Gasteiger charge is -2.11. The number of aliphatic hydroxyl groups is 1. The third-order valence-corrected chi connectivity index (χ3v) is 3.53. The van der Waals surface area contributed by atoms with Crippen molar-refractivity contribution < 1.29 is 19.8 Å². The molecule has 1 aliphatic carbocycles. The highest BCUT2D eigenvalue weighted by Crippen LogP contribution is 2.31. The molecule has 0 aliphatic heterocycles. The van der Waals surface area contributed by atoms with Crippen molar-refractivity contribution in [3.8, 4) is 0 Å². The molecule has 2 rings (SSSR count). The van der Waals surface area contributed by atoms with E-state index in [-0.39, 0.29) is 18.4 Å². The van der Waals surface area contributed by atoms with Crippen LogP contribution in [0.2, 0.25) is 0 Å². The van der Waals surface area contributed by atoms with Gasteiger partial charge in [0.1, 0.15) is 0 Å². The zero-order valence-corrected chi connectivity index (χ0v) is 10.5. The van der Waals surface area contributed by atoms with Crippen LogP contribution < -0.4 is 5.32 Å². The summed E-state index contributed by atoms with van der Waals surface area (Å²) in [5.41, 5.74) is 1.36. The summed E-state index contributed by atoms with van der Waals surface area (Å²) in [5.74, 6) is -1.60. The lowest BCUT2D eigenvalue weighted by atomic mass is 10.0. The van der Waals surface area contributed by atoms with Gasteiger partial charge in [0.2, 0.25) is 5.91 Å². The number of carbonyl (C=O) groups is 2. The molecule has 1 fully saturated rings. The van der Waals surface area contributed by atoms with Crippen molar-refractivity contribution >= 4 is 17.6 Å². The predicted octanol–water partition coefficient (Wildman–Crippen LogP) is 1.62. The number of hydrogen-bond donors (Lipinski definition) is 3. The van der Waals surface area contributed by atoms with Crippen LogP contribution in [0.5, 0.6) is 0 Å². The summed E-state index contributed by atoms with van der Waals surface area (Å²) < 4.78 is 0. The SMILES string of the molecule is O=C(O)[C@H]1CC[C@@H](C(=O)Nc2cccc(CO)c2)C1. The maximum absolute atomic E-state index is 12.0. The highest BCUT2D eigenvalue weighted by atomic mass is 16.4. The van der Waals surface area contributed by atoms with Crippen LogP contribution in [0.25, 0.3) is 0 Å². The Bertz CT molecular complexity index is 486. The normalized spacial score (nSPS) is 22.2. The standard InChI is InChI=1S/C14H17NO4/c16-8-9-2-1-3-12(6-9)15-13(17)10-4-5-11(7-10)14(18)19/h1-3,6,10-11,16H,4-5,7-8H2,(H,15,17)(H,18,19)/t10-,11+/m1/s1. The van der Waals surface area contributed by atoms with Crippen LogP contribution in [0.3, 0.4) is 0 Å². The van der Waals surface area contributed by atoms with Crippen LogP contribution in [0, 0.1) is 11.8 Å². The van der Waals surface area contributed by atoms with E-state index < -0.39 is 11.9 Å². The fourth-order valence-electron chi connectivity index (χ4n) is 2.44. The minimum absolute atomic E-state index is 0.0752. The minimum Gasteiger partial charge on any atom is -0.481 e. The van der Waals surface area contributed by atoms with Gasteiger partial charge in [-0.15, -0.1) is 0 Å². The Hall–Kier alpha value is -1.88. The summed E-state index contributed by atoms with van der Waals surface area (Å²) in [6.07, 6.45) is 1.58. The molecule has 0 saturated heterocycles. The number of rotatable bonds is 4. The maximum Gasteiger partial charge on any atom is 0.306 e. The van der Waals surface area contributed by atoms with Crippen LogP contribution in [0.1, 0.15) is 24.8 Å². The van der Waals surface area contributed by atoms with Crippen molar-refractivity contribution in [3.63, 3.8) is 0 Å². The summed E-state index contributed by atoms with van der Waals surface area (Å²) in [7, 11) is 0. The molecule has 0 radical (unpaired) electrons. The van der Waals surface area contributed by atoms with E-state index in [0.29, 0.717) is 24.9 Å². The Kier molecular flexibility index (Phi) is 4.16. The molecular weight excluding hydrogens is 246 g/mol. The van der Waals surface area contributed by atoms with Crippen molar-refractivity contribution in [1.29, 1.82) is 0 Å². The van der Waals surface area contributed by atoms with E-state index in [0.717, 1.165) is 5.56 Å². The molecule has 0 spiro atoms. The third-order valence-electron chi connectivity index (χ3n) is 3.53. The maximum atomic E-state index is 12.0. The summed E-state index contributed by atoms with van der Waals surface area (Å²) in [5, 5.41) is 20.7. The largest absolute Gasteiger partial charge is 0.481 e. The molecule has 1 aliphatic rings. The van der Waals surface area contributed by atoms with Gasteiger partial charge in [0, 0.05) is 11.6 Å². The number of aliphatic carboxylic acids is 1. The van der Waals surface area contributed by atoms with Gasteiger partial charge in [-0.25, -0.2) is 0 Å². The fourth-order valence-corrected chi connectivity index (χ4v) is 2.44. The number of carbonyl (C=O) groups excluding carboxylic acids is 1. The molecular formula is C14H17NO4. The number of carboxylic acid groups (broad SMARTS) is 1. The zero-order chi connectivity index (χ0) is 13.8. The van der Waals surface area contributed by atoms with Gasteiger partial charge in [0.25, 0.3) is 0 Å². The van der Waals surface area contributed by atoms with E-state index in [1.807, 2.05) is 0 Å². The van der Waals surface area contributed by atoms with Crippen LogP contribution in [-0.2, 0) is 16.2 Å². The number of benzene rings is 1. The average Bonchev–Trinajstić information content (AvgIpc) is 2.89. The number of hydrogen-bond acceptors (Lipinski definition) is 3. The van der Waals surface area contributed by atoms with Crippen molar-refractivity contribution in [2.75, 3.05) is 5.32 Å². The molecule has 1 saturated carbocycles. The minimum atomic E-state index is -0.822. The van der Waals surface area contributed by atoms with Crippen LogP contribution in [0.4, 0.5) is 5.69 Å². The summed E-state index contributed by atoms with van der Waals surface area (Å²) >= 11 is 0. The first kappa shape index (κ1) is 13.5. The van der Waals surface area contributed by atoms with Gasteiger partial charge in [-0.1, -0.05) is 12.1 Å². The van der Waals surface area contributed by atoms with Gasteiger partial charge in [-0.05, 0) is 37.0 Å². The molecule has 0 unspecified atom stereocenters. The quantitative estimate of drug-likeness (QED) is 0.770. The Balaban J connectivity index is 1.96. The Labute approximate surface area is 111 Å². The smallest absolute Gasteiger partial charge is 0.306 e. The zero-order valence-electron chi connectivity index (χ0n) is 10.5. The van der Waals surface area contributed by atoms with E-state index in [1.54, 1.807) is 24.3 Å². The van der Waals surface area contributed by atoms with Crippen LogP contribution >= 0.6 is 0 Å². The second-order valence-electron chi connectivity index (χ2n) is 4.89. The van der Waals surface area contributed by atoms with Crippen molar-refractivity contribution in [2.45, 2.75) is 25.9 Å². The first-order chi connectivity index (χ1) is 9.10. The van der Waals surface area contributed by atoms with Gasteiger partial charge in [-0.2, -0.15) is 0 Å². The predicted molar refractivity (Wildman–Crippen MR) is 69.5 cm³/mol. The van der Waals surface area contributed by atoms with Crippen molar-refractivity contribution in [1.82, 2.24) is 0 Å². The van der Waals surface area contributed by atoms with Gasteiger partial charge in [-0.3, -0.25) is 9.59 Å². The average molecular weight is 263 g/mol. The fraction of sp³-hybridized carbons (Fsp3) is 0.429. The van der Waals surface area contributed by atoms with Gasteiger partial charge < -0.3 is 15.5 Å². The number of nitrogens with one attached hydrogen (secondary N) is 1. The Morgan fingerprint density at radius 2 is 2.00 bits per heavy atom. The molecule has 1 aromatic carbocycles. The summed E-state index contributed by atoms with van der Waals surface area (Å²) in [6.45, 7) is -0.0752. The van der Waals surface area contributed by atoms with E-state index in [2.05, 4.69) is 5.32 Å². The van der Waals surface area contributed by atoms with E-state index in [4.69, 9.17) is 10.2 Å². The Morgan fingerprint density at radius 1 is 1.26 bits per heavy atom. The Morgan fingerprint density at radius 3 is 2.63 bits per heavy atom. The number of aliphatic hydroxyl groups excluding tert-OH is 1. The number of carboxylic acids is 1. The monoisotopic (exact) mass is 263 g/mol. The highest BCUT2D eigenvalue weighted by Gasteiger charge is 2.33. The van der Waals surface area contributed by atoms with Gasteiger partial charge in [0.05, 0.1) is 12.5 Å². The molecule has 3 N–H and O–H groups in total. The molecule has 1 amide bonds. The van der Waals surface area contributed by atoms with Crippen LogP contribution in [-0.4, -0.2) is 22.1 Å². The summed E-state index contributed by atoms with van der Waals surface area (Å²) in [4.78, 5) is 22.9. The molecule has 19 heavy (non-hydrogen) atoms. The van der Waals surface area contributed by atoms with Crippen molar-refractivity contribution in [2.24, 2.45) is 11.8 Å². The topological polar surface area (TPSA) is 86.6 Å². The molecule has 0 bridgehead atoms. The van der Waals surface area contributed by atoms with Gasteiger partial charge >= 0.3 is 5.97 Å². The highest BCUT2D eigenvalue weighted by molar-refractivity contribution is 5.93. The molecule has 0 aromatic heterocycles.